The molecule has 1 atom stereocenters. The van der Waals surface area contributed by atoms with Crippen LogP contribution in [0.2, 0.25) is 0 Å². The van der Waals surface area contributed by atoms with Crippen LogP contribution in [0.3, 0.4) is 0 Å². The molecule has 2 aromatic carbocycles. The average molecular weight is 355 g/mol. The van der Waals surface area contributed by atoms with Crippen molar-refractivity contribution in [3.8, 4) is 0 Å². The first kappa shape index (κ1) is 18.2. The van der Waals surface area contributed by atoms with Crippen LogP contribution in [0, 0.1) is 6.92 Å². The van der Waals surface area contributed by atoms with Gasteiger partial charge in [-0.3, -0.25) is 0 Å². The molecule has 6 heteroatoms. The van der Waals surface area contributed by atoms with Gasteiger partial charge in [0.15, 0.2) is 0 Å². The average Bonchev–Trinajstić information content (AvgIpc) is 2.67. The number of carbonyl (C=O) groups is 1. The standard InChI is InChI=1S/C20H25N3O3/c1-15-3-2-4-17(13-15)22-20(25)21-14-19(24)16-5-7-18(8-6-16)23-9-11-26-12-10-23/h2-8,13,19,24H,9-12,14H2,1H3,(H2,21,22,25). The fraction of sp³-hybridized carbons (Fsp3) is 0.350. The molecule has 26 heavy (non-hydrogen) atoms. The Labute approximate surface area is 153 Å². The number of nitrogens with zero attached hydrogens (tertiary/aromatic N) is 1. The molecule has 6 nitrogen and oxygen atoms in total. The van der Waals surface area contributed by atoms with Crippen molar-refractivity contribution < 1.29 is 14.6 Å². The van der Waals surface area contributed by atoms with Gasteiger partial charge in [0.2, 0.25) is 0 Å². The number of aryl methyl sites for hydroxylation is 1. The predicted octanol–water partition coefficient (Wildman–Crippen LogP) is 2.69. The number of amides is 2. The van der Waals surface area contributed by atoms with Gasteiger partial charge in [-0.15, -0.1) is 0 Å². The molecule has 1 unspecified atom stereocenters. The fourth-order valence-corrected chi connectivity index (χ4v) is 2.93. The summed E-state index contributed by atoms with van der Waals surface area (Å²) < 4.78 is 5.36. The predicted molar refractivity (Wildman–Crippen MR) is 103 cm³/mol. The highest BCUT2D eigenvalue weighted by Crippen LogP contribution is 2.20. The van der Waals surface area contributed by atoms with Crippen LogP contribution in [0.25, 0.3) is 0 Å². The number of morpholine rings is 1. The number of hydrogen-bond donors (Lipinski definition) is 3. The molecule has 138 valence electrons. The summed E-state index contributed by atoms with van der Waals surface area (Å²) in [6.45, 7) is 5.35. The van der Waals surface area contributed by atoms with Crippen molar-refractivity contribution in [2.45, 2.75) is 13.0 Å². The Kier molecular flexibility index (Phi) is 6.09. The molecular formula is C20H25N3O3. The van der Waals surface area contributed by atoms with E-state index in [0.29, 0.717) is 0 Å². The van der Waals surface area contributed by atoms with Crippen LogP contribution in [-0.4, -0.2) is 44.0 Å². The smallest absolute Gasteiger partial charge is 0.319 e. The Morgan fingerprint density at radius 1 is 1.19 bits per heavy atom. The number of ether oxygens (including phenoxy) is 1. The lowest BCUT2D eigenvalue weighted by Crippen LogP contribution is -2.36. The second-order valence-electron chi connectivity index (χ2n) is 6.41. The minimum absolute atomic E-state index is 0.147. The zero-order valence-electron chi connectivity index (χ0n) is 14.9. The van der Waals surface area contributed by atoms with E-state index in [2.05, 4.69) is 15.5 Å². The lowest BCUT2D eigenvalue weighted by molar-refractivity contribution is 0.122. The third-order valence-electron chi connectivity index (χ3n) is 4.39. The van der Waals surface area contributed by atoms with Crippen LogP contribution in [0.1, 0.15) is 17.2 Å². The van der Waals surface area contributed by atoms with Crippen molar-refractivity contribution >= 4 is 17.4 Å². The molecule has 1 aliphatic rings. The summed E-state index contributed by atoms with van der Waals surface area (Å²) in [5, 5.41) is 15.8. The second-order valence-corrected chi connectivity index (χ2v) is 6.41. The summed E-state index contributed by atoms with van der Waals surface area (Å²) in [5.41, 5.74) is 3.70. The Hall–Kier alpha value is -2.57. The molecule has 2 aromatic rings. The van der Waals surface area contributed by atoms with Crippen molar-refractivity contribution in [2.24, 2.45) is 0 Å². The van der Waals surface area contributed by atoms with E-state index in [0.717, 1.165) is 48.8 Å². The largest absolute Gasteiger partial charge is 0.387 e. The molecule has 0 radical (unpaired) electrons. The maximum atomic E-state index is 12.0. The van der Waals surface area contributed by atoms with E-state index in [1.165, 1.54) is 0 Å². The van der Waals surface area contributed by atoms with Crippen molar-refractivity contribution in [1.82, 2.24) is 5.32 Å². The van der Waals surface area contributed by atoms with Gasteiger partial charge < -0.3 is 25.4 Å². The van der Waals surface area contributed by atoms with Gasteiger partial charge in [0, 0.05) is 31.0 Å². The van der Waals surface area contributed by atoms with E-state index < -0.39 is 6.10 Å². The van der Waals surface area contributed by atoms with Gasteiger partial charge in [0.25, 0.3) is 0 Å². The van der Waals surface area contributed by atoms with Crippen molar-refractivity contribution in [2.75, 3.05) is 43.1 Å². The van der Waals surface area contributed by atoms with E-state index in [4.69, 9.17) is 4.74 Å². The first-order valence-corrected chi connectivity index (χ1v) is 8.84. The number of carbonyl (C=O) groups excluding carboxylic acids is 1. The number of aliphatic hydroxyl groups excluding tert-OH is 1. The minimum Gasteiger partial charge on any atom is -0.387 e. The van der Waals surface area contributed by atoms with Gasteiger partial charge in [-0.2, -0.15) is 0 Å². The molecule has 0 aromatic heterocycles. The summed E-state index contributed by atoms with van der Waals surface area (Å²) in [7, 11) is 0. The van der Waals surface area contributed by atoms with E-state index in [1.807, 2.05) is 55.5 Å². The van der Waals surface area contributed by atoms with E-state index in [-0.39, 0.29) is 12.6 Å². The first-order chi connectivity index (χ1) is 12.6. The van der Waals surface area contributed by atoms with Crippen molar-refractivity contribution in [3.05, 3.63) is 59.7 Å². The van der Waals surface area contributed by atoms with E-state index in [1.54, 1.807) is 0 Å². The van der Waals surface area contributed by atoms with Gasteiger partial charge in [0.1, 0.15) is 0 Å². The summed E-state index contributed by atoms with van der Waals surface area (Å²) in [5.74, 6) is 0. The molecule has 1 heterocycles. The quantitative estimate of drug-likeness (QED) is 0.771. The van der Waals surface area contributed by atoms with Gasteiger partial charge in [-0.05, 0) is 42.3 Å². The monoisotopic (exact) mass is 355 g/mol. The highest BCUT2D eigenvalue weighted by atomic mass is 16.5. The van der Waals surface area contributed by atoms with Gasteiger partial charge in [-0.1, -0.05) is 24.3 Å². The summed E-state index contributed by atoms with van der Waals surface area (Å²) >= 11 is 0. The first-order valence-electron chi connectivity index (χ1n) is 8.84. The third-order valence-corrected chi connectivity index (χ3v) is 4.39. The number of nitrogens with one attached hydrogen (secondary N) is 2. The Balaban J connectivity index is 1.49. The molecule has 2 amide bonds. The maximum absolute atomic E-state index is 12.0. The van der Waals surface area contributed by atoms with Gasteiger partial charge in [0.05, 0.1) is 19.3 Å². The fourth-order valence-electron chi connectivity index (χ4n) is 2.93. The molecule has 0 spiro atoms. The number of rotatable bonds is 5. The summed E-state index contributed by atoms with van der Waals surface area (Å²) in [6, 6.07) is 15.0. The molecular weight excluding hydrogens is 330 g/mol. The highest BCUT2D eigenvalue weighted by Gasteiger charge is 2.13. The molecule has 3 N–H and O–H groups in total. The normalized spacial score (nSPS) is 15.4. The lowest BCUT2D eigenvalue weighted by Gasteiger charge is -2.29. The topological polar surface area (TPSA) is 73.8 Å². The molecule has 0 saturated carbocycles. The molecule has 0 bridgehead atoms. The minimum atomic E-state index is -0.753. The third kappa shape index (κ3) is 4.97. The second kappa shape index (κ2) is 8.69. The number of urea groups is 1. The summed E-state index contributed by atoms with van der Waals surface area (Å²) in [6.07, 6.45) is -0.753. The summed E-state index contributed by atoms with van der Waals surface area (Å²) in [4.78, 5) is 14.2. The van der Waals surface area contributed by atoms with E-state index in [9.17, 15) is 9.90 Å². The Morgan fingerprint density at radius 2 is 1.92 bits per heavy atom. The number of benzene rings is 2. The Bertz CT molecular complexity index is 727. The molecule has 1 fully saturated rings. The molecule has 0 aliphatic carbocycles. The van der Waals surface area contributed by atoms with Crippen LogP contribution < -0.4 is 15.5 Å². The number of anilines is 2. The highest BCUT2D eigenvalue weighted by molar-refractivity contribution is 5.89. The molecule has 1 saturated heterocycles. The van der Waals surface area contributed by atoms with Gasteiger partial charge in [-0.25, -0.2) is 4.79 Å². The lowest BCUT2D eigenvalue weighted by atomic mass is 10.1. The zero-order chi connectivity index (χ0) is 18.4. The van der Waals surface area contributed by atoms with Crippen molar-refractivity contribution in [3.63, 3.8) is 0 Å². The van der Waals surface area contributed by atoms with Crippen LogP contribution in [-0.2, 0) is 4.74 Å². The number of hydrogen-bond acceptors (Lipinski definition) is 4. The van der Waals surface area contributed by atoms with Crippen molar-refractivity contribution in [1.29, 1.82) is 0 Å². The van der Waals surface area contributed by atoms with Gasteiger partial charge >= 0.3 is 6.03 Å². The zero-order valence-corrected chi connectivity index (χ0v) is 14.9. The van der Waals surface area contributed by atoms with E-state index >= 15 is 0 Å². The van der Waals surface area contributed by atoms with Crippen LogP contribution in [0.4, 0.5) is 16.2 Å². The van der Waals surface area contributed by atoms with Crippen LogP contribution >= 0.6 is 0 Å². The Morgan fingerprint density at radius 3 is 2.62 bits per heavy atom. The van der Waals surface area contributed by atoms with Crippen LogP contribution in [0.15, 0.2) is 48.5 Å². The SMILES string of the molecule is Cc1cccc(NC(=O)NCC(O)c2ccc(N3CCOCC3)cc2)c1. The molecule has 3 rings (SSSR count). The maximum Gasteiger partial charge on any atom is 0.319 e. The molecule has 1 aliphatic heterocycles. The number of aliphatic hydroxyl groups is 1. The van der Waals surface area contributed by atoms with Crippen LogP contribution in [0.5, 0.6) is 0 Å².